The van der Waals surface area contributed by atoms with E-state index in [2.05, 4.69) is 15.2 Å². The molecule has 1 aliphatic rings. The molecule has 1 amide bonds. The van der Waals surface area contributed by atoms with E-state index < -0.39 is 0 Å². The van der Waals surface area contributed by atoms with Crippen LogP contribution in [0.15, 0.2) is 30.5 Å². The predicted molar refractivity (Wildman–Crippen MR) is 106 cm³/mol. The van der Waals surface area contributed by atoms with E-state index in [-0.39, 0.29) is 11.9 Å². The van der Waals surface area contributed by atoms with Gasteiger partial charge in [0.15, 0.2) is 0 Å². The molecule has 0 bridgehead atoms. The number of aromatic nitrogens is 5. The summed E-state index contributed by atoms with van der Waals surface area (Å²) in [6.45, 7) is 3.80. The van der Waals surface area contributed by atoms with Gasteiger partial charge >= 0.3 is 0 Å². The number of nitrogens with zero attached hydrogens (tertiary/aromatic N) is 6. The van der Waals surface area contributed by atoms with Gasteiger partial charge in [-0.2, -0.15) is 9.90 Å². The van der Waals surface area contributed by atoms with Crippen molar-refractivity contribution in [2.45, 2.75) is 13.0 Å². The second-order valence-corrected chi connectivity index (χ2v) is 7.91. The number of carbonyl (C=O) groups is 1. The molecule has 0 aliphatic carbocycles. The first-order valence-electron chi connectivity index (χ1n) is 9.05. The Morgan fingerprint density at radius 2 is 2.18 bits per heavy atom. The summed E-state index contributed by atoms with van der Waals surface area (Å²) in [4.78, 5) is 26.9. The van der Waals surface area contributed by atoms with Gasteiger partial charge in [-0.15, -0.1) is 16.4 Å². The summed E-state index contributed by atoms with van der Waals surface area (Å²) in [6, 6.07) is 7.87. The van der Waals surface area contributed by atoms with Crippen LogP contribution in [-0.4, -0.2) is 61.6 Å². The van der Waals surface area contributed by atoms with Crippen molar-refractivity contribution >= 4 is 38.6 Å². The Bertz CT molecular complexity index is 1200. The first-order valence-corrected chi connectivity index (χ1v) is 9.87. The van der Waals surface area contributed by atoms with Gasteiger partial charge in [-0.3, -0.25) is 4.79 Å². The number of rotatable bonds is 2. The number of morpholine rings is 1. The van der Waals surface area contributed by atoms with Crippen LogP contribution < -0.4 is 0 Å². The molecule has 8 nitrogen and oxygen atoms in total. The second kappa shape index (κ2) is 6.61. The van der Waals surface area contributed by atoms with Crippen molar-refractivity contribution in [1.29, 1.82) is 0 Å². The minimum atomic E-state index is 0.0444. The van der Waals surface area contributed by atoms with Gasteiger partial charge in [-0.05, 0) is 31.2 Å². The van der Waals surface area contributed by atoms with Crippen molar-refractivity contribution in [2.75, 3.05) is 19.8 Å². The molecule has 1 aliphatic heterocycles. The fourth-order valence-electron chi connectivity index (χ4n) is 3.41. The largest absolute Gasteiger partial charge is 0.377 e. The van der Waals surface area contributed by atoms with Crippen molar-refractivity contribution in [1.82, 2.24) is 29.9 Å². The molecule has 142 valence electrons. The molecule has 1 fully saturated rings. The Balaban J connectivity index is 1.49. The lowest BCUT2D eigenvalue weighted by atomic mass is 10.1. The summed E-state index contributed by atoms with van der Waals surface area (Å²) >= 11 is 1.42. The summed E-state index contributed by atoms with van der Waals surface area (Å²) in [6.07, 6.45) is 1.75. The Morgan fingerprint density at radius 3 is 3.04 bits per heavy atom. The molecule has 0 spiro atoms. The van der Waals surface area contributed by atoms with E-state index in [1.54, 1.807) is 13.2 Å². The normalized spacial score (nSPS) is 17.5. The third kappa shape index (κ3) is 2.92. The second-order valence-electron chi connectivity index (χ2n) is 6.88. The number of aryl methyl sites for hydroxylation is 1. The number of amides is 1. The molecule has 5 rings (SSSR count). The average Bonchev–Trinajstić information content (AvgIpc) is 3.28. The highest BCUT2D eigenvalue weighted by Gasteiger charge is 2.26. The maximum Gasteiger partial charge on any atom is 0.264 e. The van der Waals surface area contributed by atoms with E-state index >= 15 is 0 Å². The topological polar surface area (TPSA) is 86.0 Å². The first kappa shape index (κ1) is 17.2. The molecule has 1 saturated heterocycles. The van der Waals surface area contributed by atoms with Gasteiger partial charge in [0.2, 0.25) is 5.65 Å². The van der Waals surface area contributed by atoms with Gasteiger partial charge in [0.1, 0.15) is 10.3 Å². The molecule has 0 saturated carbocycles. The highest BCUT2D eigenvalue weighted by molar-refractivity contribution is 7.20. The van der Waals surface area contributed by atoms with Crippen molar-refractivity contribution < 1.29 is 9.53 Å². The summed E-state index contributed by atoms with van der Waals surface area (Å²) < 4.78 is 5.43. The van der Waals surface area contributed by atoms with Gasteiger partial charge in [0.25, 0.3) is 5.91 Å². The van der Waals surface area contributed by atoms with Crippen LogP contribution in [-0.2, 0) is 11.8 Å². The van der Waals surface area contributed by atoms with E-state index in [1.807, 2.05) is 36.1 Å². The van der Waals surface area contributed by atoms with E-state index in [0.29, 0.717) is 30.3 Å². The molecular weight excluding hydrogens is 376 g/mol. The molecular formula is C19H18N6O2S. The Labute approximate surface area is 164 Å². The van der Waals surface area contributed by atoms with Crippen LogP contribution >= 0.6 is 11.3 Å². The Hall–Kier alpha value is -2.91. The third-order valence-corrected chi connectivity index (χ3v) is 5.89. The molecule has 1 atom stereocenters. The van der Waals surface area contributed by atoms with Crippen molar-refractivity contribution in [2.24, 2.45) is 7.05 Å². The van der Waals surface area contributed by atoms with Crippen LogP contribution in [0.5, 0.6) is 0 Å². The van der Waals surface area contributed by atoms with Crippen LogP contribution in [0.2, 0.25) is 0 Å². The average molecular weight is 394 g/mol. The number of hydrogen-bond acceptors (Lipinski definition) is 7. The maximum absolute atomic E-state index is 12.9. The fourth-order valence-corrected chi connectivity index (χ4v) is 4.39. The van der Waals surface area contributed by atoms with Gasteiger partial charge in [-0.25, -0.2) is 9.97 Å². The zero-order valence-electron chi connectivity index (χ0n) is 15.5. The monoisotopic (exact) mass is 394 g/mol. The molecule has 0 aromatic carbocycles. The van der Waals surface area contributed by atoms with Crippen molar-refractivity contribution in [3.63, 3.8) is 0 Å². The van der Waals surface area contributed by atoms with Gasteiger partial charge < -0.3 is 9.64 Å². The molecule has 0 N–H and O–H groups in total. The maximum atomic E-state index is 12.9. The van der Waals surface area contributed by atoms with Crippen LogP contribution in [0, 0.1) is 0 Å². The number of fused-ring (bicyclic) bond motifs is 2. The number of pyridine rings is 2. The third-order valence-electron chi connectivity index (χ3n) is 4.86. The summed E-state index contributed by atoms with van der Waals surface area (Å²) in [7, 11) is 1.77. The van der Waals surface area contributed by atoms with Crippen LogP contribution in [0.1, 0.15) is 16.6 Å². The lowest BCUT2D eigenvalue weighted by Gasteiger charge is -2.32. The van der Waals surface area contributed by atoms with Crippen LogP contribution in [0.4, 0.5) is 0 Å². The van der Waals surface area contributed by atoms with Gasteiger partial charge in [0.05, 0.1) is 29.8 Å². The van der Waals surface area contributed by atoms with Crippen molar-refractivity contribution in [3.8, 4) is 11.3 Å². The van der Waals surface area contributed by atoms with E-state index in [4.69, 9.17) is 9.72 Å². The first-order chi connectivity index (χ1) is 13.6. The zero-order chi connectivity index (χ0) is 19.3. The number of hydrogen-bond donors (Lipinski definition) is 0. The summed E-state index contributed by atoms with van der Waals surface area (Å²) in [5, 5.41) is 9.47. The van der Waals surface area contributed by atoms with Gasteiger partial charge in [-0.1, -0.05) is 0 Å². The quantitative estimate of drug-likeness (QED) is 0.519. The lowest BCUT2D eigenvalue weighted by molar-refractivity contribution is 0.00387. The van der Waals surface area contributed by atoms with Crippen LogP contribution in [0.25, 0.3) is 32.6 Å². The molecule has 4 aromatic heterocycles. The smallest absolute Gasteiger partial charge is 0.264 e. The Morgan fingerprint density at radius 1 is 1.29 bits per heavy atom. The summed E-state index contributed by atoms with van der Waals surface area (Å²) in [5.41, 5.74) is 3.01. The highest BCUT2D eigenvalue weighted by atomic mass is 32.1. The SMILES string of the molecule is C[C@@H]1COCCN1C(=O)c1cc2ccc(-c3cnc4nn(C)nc4c3)nc2s1. The lowest BCUT2D eigenvalue weighted by Crippen LogP contribution is -2.46. The zero-order valence-corrected chi connectivity index (χ0v) is 16.3. The molecule has 0 radical (unpaired) electrons. The molecule has 4 aromatic rings. The summed E-state index contributed by atoms with van der Waals surface area (Å²) in [5.74, 6) is 0.0444. The minimum Gasteiger partial charge on any atom is -0.377 e. The number of carbonyl (C=O) groups excluding carboxylic acids is 1. The molecule has 28 heavy (non-hydrogen) atoms. The minimum absolute atomic E-state index is 0.0444. The van der Waals surface area contributed by atoms with E-state index in [9.17, 15) is 4.79 Å². The highest BCUT2D eigenvalue weighted by Crippen LogP contribution is 2.29. The standard InChI is InChI=1S/C19H18N6O2S/c1-11-10-27-6-5-25(11)19(26)16-8-12-3-4-14(21-18(12)28-16)13-7-15-17(20-9-13)23-24(2)22-15/h3-4,7-9,11H,5-6,10H2,1-2H3/t11-/m1/s1. The molecule has 0 unspecified atom stereocenters. The Kier molecular flexibility index (Phi) is 4.06. The predicted octanol–water partition coefficient (Wildman–Crippen LogP) is 2.50. The fraction of sp³-hybridized carbons (Fsp3) is 0.316. The van der Waals surface area contributed by atoms with Gasteiger partial charge in [0, 0.05) is 30.7 Å². The number of thiophene rings is 1. The van der Waals surface area contributed by atoms with Crippen LogP contribution in [0.3, 0.4) is 0 Å². The molecule has 9 heteroatoms. The van der Waals surface area contributed by atoms with E-state index in [0.717, 1.165) is 27.0 Å². The van der Waals surface area contributed by atoms with Crippen molar-refractivity contribution in [3.05, 3.63) is 35.3 Å². The molecule has 5 heterocycles. The number of ether oxygens (including phenoxy) is 1. The van der Waals surface area contributed by atoms with E-state index in [1.165, 1.54) is 16.1 Å².